The minimum atomic E-state index is -0.428. The number of nitrogens with one attached hydrogen (secondary N) is 1. The molecule has 0 aliphatic carbocycles. The normalized spacial score (nSPS) is 12.6. The molecule has 0 saturated carbocycles. The van der Waals surface area contributed by atoms with Crippen LogP contribution in [0.1, 0.15) is 38.7 Å². The number of carbonyl (C=O) groups is 1. The molecule has 0 saturated heterocycles. The lowest BCUT2D eigenvalue weighted by molar-refractivity contribution is -0.122. The highest BCUT2D eigenvalue weighted by atomic mass is 79.9. The van der Waals surface area contributed by atoms with Crippen molar-refractivity contribution in [2.75, 3.05) is 0 Å². The van der Waals surface area contributed by atoms with Gasteiger partial charge in [0.15, 0.2) is 0 Å². The Hall–Kier alpha value is -1.34. The molecule has 96 valence electrons. The van der Waals surface area contributed by atoms with Crippen molar-refractivity contribution in [3.63, 3.8) is 0 Å². The van der Waals surface area contributed by atoms with E-state index < -0.39 is 5.92 Å². The van der Waals surface area contributed by atoms with Crippen molar-refractivity contribution in [1.82, 2.24) is 5.32 Å². The first kappa shape index (κ1) is 14.7. The second-order valence-corrected chi connectivity index (χ2v) is 6.06. The van der Waals surface area contributed by atoms with Crippen LogP contribution in [-0.4, -0.2) is 11.4 Å². The monoisotopic (exact) mass is 308 g/mol. The summed E-state index contributed by atoms with van der Waals surface area (Å²) < 4.78 is 0.861. The zero-order valence-electron chi connectivity index (χ0n) is 10.8. The van der Waals surface area contributed by atoms with E-state index in [0.29, 0.717) is 0 Å². The van der Waals surface area contributed by atoms with Crippen molar-refractivity contribution in [1.29, 1.82) is 5.26 Å². The van der Waals surface area contributed by atoms with E-state index in [0.717, 1.165) is 10.0 Å². The summed E-state index contributed by atoms with van der Waals surface area (Å²) in [4.78, 5) is 11.8. The Morgan fingerprint density at radius 1 is 1.44 bits per heavy atom. The summed E-state index contributed by atoms with van der Waals surface area (Å²) in [5.74, 6) is -0.535. The first-order valence-corrected chi connectivity index (χ1v) is 6.58. The third-order valence-corrected chi connectivity index (χ3v) is 3.06. The van der Waals surface area contributed by atoms with Gasteiger partial charge in [-0.1, -0.05) is 34.1 Å². The summed E-state index contributed by atoms with van der Waals surface area (Å²) in [6.45, 7) is 5.76. The first-order valence-electron chi connectivity index (χ1n) is 5.78. The van der Waals surface area contributed by atoms with E-state index in [2.05, 4.69) is 27.3 Å². The number of nitriles is 1. The van der Waals surface area contributed by atoms with E-state index in [9.17, 15) is 10.1 Å². The van der Waals surface area contributed by atoms with Crippen LogP contribution in [0.2, 0.25) is 0 Å². The number of benzene rings is 1. The number of amides is 1. The van der Waals surface area contributed by atoms with Gasteiger partial charge in [-0.2, -0.15) is 5.26 Å². The third-order valence-electron chi connectivity index (χ3n) is 2.34. The van der Waals surface area contributed by atoms with Gasteiger partial charge in [-0.25, -0.2) is 0 Å². The summed E-state index contributed by atoms with van der Waals surface area (Å²) in [6, 6.07) is 9.68. The molecule has 1 atom stereocenters. The smallest absolute Gasteiger partial charge is 0.222 e. The molecule has 0 radical (unpaired) electrons. The van der Waals surface area contributed by atoms with Crippen LogP contribution in [0, 0.1) is 11.3 Å². The number of nitrogens with zero attached hydrogens (tertiary/aromatic N) is 1. The molecule has 3 nitrogen and oxygen atoms in total. The maximum absolute atomic E-state index is 11.8. The Labute approximate surface area is 116 Å². The zero-order chi connectivity index (χ0) is 13.8. The number of halogens is 1. The van der Waals surface area contributed by atoms with Crippen LogP contribution in [-0.2, 0) is 4.79 Å². The zero-order valence-corrected chi connectivity index (χ0v) is 12.4. The molecule has 0 aliphatic rings. The van der Waals surface area contributed by atoms with Gasteiger partial charge >= 0.3 is 0 Å². The molecule has 18 heavy (non-hydrogen) atoms. The van der Waals surface area contributed by atoms with Crippen molar-refractivity contribution >= 4 is 21.8 Å². The number of hydrogen-bond acceptors (Lipinski definition) is 2. The fourth-order valence-electron chi connectivity index (χ4n) is 1.64. The van der Waals surface area contributed by atoms with Gasteiger partial charge in [-0.3, -0.25) is 4.79 Å². The van der Waals surface area contributed by atoms with Gasteiger partial charge in [0, 0.05) is 16.4 Å². The largest absolute Gasteiger partial charge is 0.351 e. The van der Waals surface area contributed by atoms with Crippen molar-refractivity contribution in [2.45, 2.75) is 38.6 Å². The van der Waals surface area contributed by atoms with Crippen molar-refractivity contribution in [3.05, 3.63) is 34.3 Å². The average molecular weight is 309 g/mol. The lowest BCUT2D eigenvalue weighted by Crippen LogP contribution is -2.41. The summed E-state index contributed by atoms with van der Waals surface area (Å²) in [7, 11) is 0. The van der Waals surface area contributed by atoms with Crippen molar-refractivity contribution in [3.8, 4) is 6.07 Å². The van der Waals surface area contributed by atoms with E-state index >= 15 is 0 Å². The summed E-state index contributed by atoms with van der Waals surface area (Å²) >= 11 is 3.41. The summed E-state index contributed by atoms with van der Waals surface area (Å²) in [6.07, 6.45) is 0.177. The predicted molar refractivity (Wildman–Crippen MR) is 75.0 cm³/mol. The standard InChI is InChI=1S/C14H17BrN2O/c1-14(2,3)17-13(18)8-10(9-16)11-6-4-5-7-12(11)15/h4-7,10H,8H2,1-3H3,(H,17,18). The molecule has 0 aromatic heterocycles. The van der Waals surface area contributed by atoms with Gasteiger partial charge < -0.3 is 5.32 Å². The quantitative estimate of drug-likeness (QED) is 0.931. The molecule has 1 rings (SSSR count). The summed E-state index contributed by atoms with van der Waals surface area (Å²) in [5.41, 5.74) is 0.578. The highest BCUT2D eigenvalue weighted by molar-refractivity contribution is 9.10. The van der Waals surface area contributed by atoms with E-state index in [4.69, 9.17) is 0 Å². The van der Waals surface area contributed by atoms with Crippen LogP contribution < -0.4 is 5.32 Å². The Morgan fingerprint density at radius 2 is 2.06 bits per heavy atom. The van der Waals surface area contributed by atoms with Gasteiger partial charge in [-0.15, -0.1) is 0 Å². The Bertz CT molecular complexity index is 471. The van der Waals surface area contributed by atoms with Gasteiger partial charge in [0.1, 0.15) is 0 Å². The number of hydrogen-bond donors (Lipinski definition) is 1. The molecule has 1 aromatic rings. The molecule has 0 aliphatic heterocycles. The lowest BCUT2D eigenvalue weighted by atomic mass is 9.96. The molecule has 1 N–H and O–H groups in total. The molecule has 0 heterocycles. The topological polar surface area (TPSA) is 52.9 Å². The fourth-order valence-corrected chi connectivity index (χ4v) is 2.20. The first-order chi connectivity index (χ1) is 8.33. The number of rotatable bonds is 3. The second-order valence-electron chi connectivity index (χ2n) is 5.21. The van der Waals surface area contributed by atoms with Gasteiger partial charge in [-0.05, 0) is 32.4 Å². The van der Waals surface area contributed by atoms with Crippen LogP contribution in [0.15, 0.2) is 28.7 Å². The van der Waals surface area contributed by atoms with Gasteiger partial charge in [0.25, 0.3) is 0 Å². The molecule has 0 spiro atoms. The van der Waals surface area contributed by atoms with E-state index in [1.165, 1.54) is 0 Å². The van der Waals surface area contributed by atoms with Crippen LogP contribution >= 0.6 is 15.9 Å². The summed E-state index contributed by atoms with van der Waals surface area (Å²) in [5, 5.41) is 12.1. The van der Waals surface area contributed by atoms with E-state index in [1.54, 1.807) is 0 Å². The molecule has 0 fully saturated rings. The Balaban J connectivity index is 2.79. The maximum atomic E-state index is 11.8. The molecule has 4 heteroatoms. The van der Waals surface area contributed by atoms with Gasteiger partial charge in [0.2, 0.25) is 5.91 Å². The minimum Gasteiger partial charge on any atom is -0.351 e. The number of carbonyl (C=O) groups excluding carboxylic acids is 1. The lowest BCUT2D eigenvalue weighted by Gasteiger charge is -2.21. The molecule has 1 aromatic carbocycles. The third kappa shape index (κ3) is 4.50. The minimum absolute atomic E-state index is 0.107. The maximum Gasteiger partial charge on any atom is 0.222 e. The van der Waals surface area contributed by atoms with E-state index in [-0.39, 0.29) is 17.9 Å². The molecule has 0 bridgehead atoms. The Morgan fingerprint density at radius 3 is 2.56 bits per heavy atom. The fraction of sp³-hybridized carbons (Fsp3) is 0.429. The van der Waals surface area contributed by atoms with Gasteiger partial charge in [0.05, 0.1) is 12.0 Å². The molecule has 1 amide bonds. The highest BCUT2D eigenvalue weighted by Crippen LogP contribution is 2.26. The molecule has 1 unspecified atom stereocenters. The van der Waals surface area contributed by atoms with Crippen LogP contribution in [0.5, 0.6) is 0 Å². The average Bonchev–Trinajstić information content (AvgIpc) is 2.24. The van der Waals surface area contributed by atoms with Crippen LogP contribution in [0.3, 0.4) is 0 Å². The molecular weight excluding hydrogens is 292 g/mol. The second kappa shape index (κ2) is 6.01. The Kier molecular flexibility index (Phi) is 4.92. The van der Waals surface area contributed by atoms with E-state index in [1.807, 2.05) is 45.0 Å². The molecular formula is C14H17BrN2O. The van der Waals surface area contributed by atoms with Crippen LogP contribution in [0.25, 0.3) is 0 Å². The van der Waals surface area contributed by atoms with Crippen LogP contribution in [0.4, 0.5) is 0 Å². The highest BCUT2D eigenvalue weighted by Gasteiger charge is 2.20. The van der Waals surface area contributed by atoms with Crippen molar-refractivity contribution < 1.29 is 4.79 Å². The SMILES string of the molecule is CC(C)(C)NC(=O)CC(C#N)c1ccccc1Br. The van der Waals surface area contributed by atoms with Crippen molar-refractivity contribution in [2.24, 2.45) is 0 Å². The predicted octanol–water partition coefficient (Wildman–Crippen LogP) is 3.36.